The van der Waals surface area contributed by atoms with Gasteiger partial charge in [-0.1, -0.05) is 67.6 Å². The number of likely N-dealkylation sites (N-methyl/N-ethyl adjacent to an activating group) is 1. The first-order valence-corrected chi connectivity index (χ1v) is 8.19. The Morgan fingerprint density at radius 3 is 2.00 bits per heavy atom. The van der Waals surface area contributed by atoms with E-state index in [4.69, 9.17) is 5.73 Å². The number of primary amides is 1. The molecule has 0 bridgehead atoms. The number of amides is 1. The normalized spacial score (nSPS) is 14.0. The minimum atomic E-state index is -0.420. The molecule has 2 aromatic carbocycles. The van der Waals surface area contributed by atoms with E-state index in [2.05, 4.69) is 5.32 Å². The van der Waals surface area contributed by atoms with Crippen molar-refractivity contribution < 1.29 is 9.90 Å². The maximum absolute atomic E-state index is 10.7. The Kier molecular flexibility index (Phi) is 8.76. The van der Waals surface area contributed by atoms with E-state index >= 15 is 0 Å². The Labute approximate surface area is 144 Å². The molecule has 0 aromatic heterocycles. The fourth-order valence-corrected chi connectivity index (χ4v) is 2.16. The van der Waals surface area contributed by atoms with Crippen molar-refractivity contribution in [1.82, 2.24) is 5.32 Å². The lowest BCUT2D eigenvalue weighted by molar-refractivity contribution is -0.121. The van der Waals surface area contributed by atoms with Crippen LogP contribution in [0.25, 0.3) is 0 Å². The molecule has 2 aromatic rings. The van der Waals surface area contributed by atoms with E-state index < -0.39 is 6.10 Å². The third-order valence-corrected chi connectivity index (χ3v) is 3.94. The van der Waals surface area contributed by atoms with Gasteiger partial charge in [-0.3, -0.25) is 4.79 Å². The first kappa shape index (κ1) is 19.9. The second-order valence-electron chi connectivity index (χ2n) is 5.93. The van der Waals surface area contributed by atoms with Gasteiger partial charge < -0.3 is 16.2 Å². The monoisotopic (exact) mass is 328 g/mol. The van der Waals surface area contributed by atoms with Gasteiger partial charge in [0.25, 0.3) is 0 Å². The second kappa shape index (κ2) is 10.6. The Morgan fingerprint density at radius 1 is 1.04 bits per heavy atom. The number of nitrogens with two attached hydrogens (primary N) is 1. The van der Waals surface area contributed by atoms with E-state index in [-0.39, 0.29) is 17.9 Å². The highest BCUT2D eigenvalue weighted by Gasteiger charge is 2.13. The number of carbonyl (C=O) groups excluding carboxylic acids is 1. The van der Waals surface area contributed by atoms with E-state index in [1.54, 1.807) is 0 Å². The lowest BCUT2D eigenvalue weighted by Crippen LogP contribution is -2.28. The number of benzene rings is 2. The number of rotatable bonds is 6. The Hall–Kier alpha value is -2.17. The van der Waals surface area contributed by atoms with Crippen molar-refractivity contribution >= 4 is 5.91 Å². The van der Waals surface area contributed by atoms with Crippen molar-refractivity contribution in [2.24, 2.45) is 11.7 Å². The molecule has 0 spiro atoms. The molecular formula is C20H28N2O2. The van der Waals surface area contributed by atoms with Gasteiger partial charge in [-0.15, -0.1) is 0 Å². The molecule has 0 saturated heterocycles. The summed E-state index contributed by atoms with van der Waals surface area (Å²) in [7, 11) is 1.84. The van der Waals surface area contributed by atoms with Gasteiger partial charge in [-0.2, -0.15) is 0 Å². The van der Waals surface area contributed by atoms with Crippen LogP contribution >= 0.6 is 0 Å². The lowest BCUT2D eigenvalue weighted by Gasteiger charge is -2.17. The molecule has 0 aliphatic carbocycles. The first-order chi connectivity index (χ1) is 11.5. The number of nitrogens with one attached hydrogen (secondary N) is 1. The number of aliphatic hydroxyl groups excluding tert-OH is 1. The third kappa shape index (κ3) is 6.94. The molecule has 1 amide bonds. The van der Waals surface area contributed by atoms with E-state index in [0.29, 0.717) is 0 Å². The smallest absolute Gasteiger partial charge is 0.220 e. The fraction of sp³-hybridized carbons (Fsp3) is 0.350. The summed E-state index contributed by atoms with van der Waals surface area (Å²) >= 11 is 0. The molecule has 0 saturated carbocycles. The number of hydrogen-bond donors (Lipinski definition) is 3. The van der Waals surface area contributed by atoms with Crippen molar-refractivity contribution in [3.05, 3.63) is 71.8 Å². The summed E-state index contributed by atoms with van der Waals surface area (Å²) in [5, 5.41) is 12.7. The molecule has 0 radical (unpaired) electrons. The van der Waals surface area contributed by atoms with Gasteiger partial charge in [0.2, 0.25) is 5.91 Å². The van der Waals surface area contributed by atoms with Gasteiger partial charge in [0, 0.05) is 12.0 Å². The highest BCUT2D eigenvalue weighted by Crippen LogP contribution is 2.15. The summed E-state index contributed by atoms with van der Waals surface area (Å²) in [6.45, 7) is 3.80. The predicted molar refractivity (Wildman–Crippen MR) is 98.4 cm³/mol. The number of aliphatic hydroxyl groups is 1. The molecule has 0 aliphatic heterocycles. The van der Waals surface area contributed by atoms with Crippen LogP contribution in [0.15, 0.2) is 60.7 Å². The highest BCUT2D eigenvalue weighted by atomic mass is 16.3. The van der Waals surface area contributed by atoms with E-state index in [1.165, 1.54) is 0 Å². The van der Waals surface area contributed by atoms with Crippen molar-refractivity contribution in [3.8, 4) is 0 Å². The topological polar surface area (TPSA) is 75.3 Å². The van der Waals surface area contributed by atoms with Gasteiger partial charge in [-0.05, 0) is 31.5 Å². The largest absolute Gasteiger partial charge is 0.387 e. The van der Waals surface area contributed by atoms with E-state index in [9.17, 15) is 9.90 Å². The van der Waals surface area contributed by atoms with Gasteiger partial charge in [0.15, 0.2) is 0 Å². The van der Waals surface area contributed by atoms with Crippen LogP contribution in [0.2, 0.25) is 0 Å². The van der Waals surface area contributed by atoms with Crippen LogP contribution < -0.4 is 11.1 Å². The molecular weight excluding hydrogens is 300 g/mol. The molecule has 0 heterocycles. The molecule has 0 aliphatic rings. The predicted octanol–water partition coefficient (Wildman–Crippen LogP) is 2.68. The van der Waals surface area contributed by atoms with E-state index in [0.717, 1.165) is 17.5 Å². The van der Waals surface area contributed by atoms with Gasteiger partial charge >= 0.3 is 0 Å². The Balaban J connectivity index is 0.000000240. The summed E-state index contributed by atoms with van der Waals surface area (Å²) in [6.07, 6.45) is 0.312. The summed E-state index contributed by atoms with van der Waals surface area (Å²) < 4.78 is 0. The SMILES string of the molecule is CN[C@H](C)[C@H](O)c1ccccc1.C[C@@H](Cc1ccccc1)C(N)=O. The lowest BCUT2D eigenvalue weighted by atomic mass is 10.0. The maximum atomic E-state index is 10.7. The third-order valence-electron chi connectivity index (χ3n) is 3.94. The molecule has 4 N–H and O–H groups in total. The maximum Gasteiger partial charge on any atom is 0.220 e. The Bertz CT molecular complexity index is 587. The molecule has 4 nitrogen and oxygen atoms in total. The van der Waals surface area contributed by atoms with Crippen molar-refractivity contribution in [3.63, 3.8) is 0 Å². The summed E-state index contributed by atoms with van der Waals surface area (Å²) in [6, 6.07) is 19.6. The van der Waals surface area contributed by atoms with Crippen LogP contribution in [0.3, 0.4) is 0 Å². The molecule has 0 unspecified atom stereocenters. The average molecular weight is 328 g/mol. The first-order valence-electron chi connectivity index (χ1n) is 8.19. The van der Waals surface area contributed by atoms with Crippen LogP contribution in [0, 0.1) is 5.92 Å². The number of carbonyl (C=O) groups is 1. The number of hydrogen-bond acceptors (Lipinski definition) is 3. The standard InChI is InChI=1S/C10H15NO.C10H13NO/c1-8(11-2)10(12)9-6-4-3-5-7-9;1-8(10(11)12)7-9-5-3-2-4-6-9/h3-8,10-12H,1-2H3;2-6,8H,7H2,1H3,(H2,11,12)/t8-,10+;8-/m10/s1. The fourth-order valence-electron chi connectivity index (χ4n) is 2.16. The van der Waals surface area contributed by atoms with Crippen LogP contribution in [0.1, 0.15) is 31.1 Å². The van der Waals surface area contributed by atoms with Crippen molar-refractivity contribution in [2.45, 2.75) is 32.4 Å². The van der Waals surface area contributed by atoms with Crippen LogP contribution in [0.5, 0.6) is 0 Å². The Morgan fingerprint density at radius 2 is 1.54 bits per heavy atom. The minimum absolute atomic E-state index is 0.0765. The van der Waals surface area contributed by atoms with Gasteiger partial charge in [0.1, 0.15) is 0 Å². The van der Waals surface area contributed by atoms with Crippen molar-refractivity contribution in [2.75, 3.05) is 7.05 Å². The zero-order valence-corrected chi connectivity index (χ0v) is 14.6. The summed E-state index contributed by atoms with van der Waals surface area (Å²) in [5.41, 5.74) is 7.26. The zero-order valence-electron chi connectivity index (χ0n) is 14.6. The molecule has 24 heavy (non-hydrogen) atoms. The summed E-state index contributed by atoms with van der Waals surface area (Å²) in [5.74, 6) is -0.314. The molecule has 0 fully saturated rings. The van der Waals surface area contributed by atoms with Gasteiger partial charge in [0.05, 0.1) is 6.10 Å². The van der Waals surface area contributed by atoms with Gasteiger partial charge in [-0.25, -0.2) is 0 Å². The molecule has 2 rings (SSSR count). The molecule has 4 heteroatoms. The average Bonchev–Trinajstić information content (AvgIpc) is 2.62. The second-order valence-corrected chi connectivity index (χ2v) is 5.93. The van der Waals surface area contributed by atoms with Crippen LogP contribution in [-0.4, -0.2) is 24.1 Å². The molecule has 130 valence electrons. The molecule has 3 atom stereocenters. The highest BCUT2D eigenvalue weighted by molar-refractivity contribution is 5.76. The van der Waals surface area contributed by atoms with E-state index in [1.807, 2.05) is 81.6 Å². The van der Waals surface area contributed by atoms with Crippen LogP contribution in [0.4, 0.5) is 0 Å². The van der Waals surface area contributed by atoms with Crippen molar-refractivity contribution in [1.29, 1.82) is 0 Å². The quantitative estimate of drug-likeness (QED) is 0.763. The summed E-state index contributed by atoms with van der Waals surface area (Å²) in [4.78, 5) is 10.7. The van der Waals surface area contributed by atoms with Crippen LogP contribution in [-0.2, 0) is 11.2 Å². The minimum Gasteiger partial charge on any atom is -0.387 e. The zero-order chi connectivity index (χ0) is 17.9.